The van der Waals surface area contributed by atoms with Crippen molar-refractivity contribution in [1.82, 2.24) is 14.4 Å². The molecule has 0 spiro atoms. The lowest BCUT2D eigenvalue weighted by Crippen LogP contribution is -2.55. The summed E-state index contributed by atoms with van der Waals surface area (Å²) in [6.45, 7) is 6.87. The normalized spacial score (nSPS) is 25.5. The van der Waals surface area contributed by atoms with Gasteiger partial charge < -0.3 is 19.8 Å². The van der Waals surface area contributed by atoms with Crippen molar-refractivity contribution in [2.45, 2.75) is 45.1 Å². The summed E-state index contributed by atoms with van der Waals surface area (Å²) in [5.41, 5.74) is 2.41. The van der Waals surface area contributed by atoms with Gasteiger partial charge in [-0.05, 0) is 31.4 Å². The van der Waals surface area contributed by atoms with Gasteiger partial charge in [0.05, 0.1) is 37.0 Å². The highest BCUT2D eigenvalue weighted by molar-refractivity contribution is 5.87. The van der Waals surface area contributed by atoms with Crippen LogP contribution in [0.1, 0.15) is 17.5 Å². The number of rotatable bonds is 3. The van der Waals surface area contributed by atoms with Gasteiger partial charge in [-0.3, -0.25) is 19.1 Å². The Balaban J connectivity index is 1.62. The summed E-state index contributed by atoms with van der Waals surface area (Å²) in [5.74, 6) is -0.185. The largest absolute Gasteiger partial charge is 0.390 e. The maximum Gasteiger partial charge on any atom is 0.251 e. The number of hydrogen-bond acceptors (Lipinski definition) is 6. The van der Waals surface area contributed by atoms with Crippen molar-refractivity contribution < 1.29 is 19.7 Å². The monoisotopic (exact) mass is 429 g/mol. The molecule has 2 aliphatic heterocycles. The molecule has 2 fully saturated rings. The smallest absolute Gasteiger partial charge is 0.251 e. The fraction of sp³-hybridized carbons (Fsp3) is 0.565. The van der Waals surface area contributed by atoms with Gasteiger partial charge in [-0.2, -0.15) is 0 Å². The maximum absolute atomic E-state index is 13.3. The van der Waals surface area contributed by atoms with Crippen molar-refractivity contribution in [1.29, 1.82) is 0 Å². The van der Waals surface area contributed by atoms with E-state index in [9.17, 15) is 19.8 Å². The van der Waals surface area contributed by atoms with Crippen molar-refractivity contribution in [2.24, 2.45) is 0 Å². The second kappa shape index (κ2) is 9.08. The molecule has 2 saturated heterocycles. The number of likely N-dealkylation sites (tertiary alicyclic amines) is 1. The van der Waals surface area contributed by atoms with Gasteiger partial charge in [-0.1, -0.05) is 18.2 Å². The quantitative estimate of drug-likeness (QED) is 0.728. The van der Waals surface area contributed by atoms with Gasteiger partial charge in [0.25, 0.3) is 5.56 Å². The molecule has 0 aliphatic carbocycles. The first-order chi connectivity index (χ1) is 14.9. The zero-order valence-corrected chi connectivity index (χ0v) is 18.2. The van der Waals surface area contributed by atoms with E-state index >= 15 is 0 Å². The van der Waals surface area contributed by atoms with Gasteiger partial charge in [0.15, 0.2) is 0 Å². The summed E-state index contributed by atoms with van der Waals surface area (Å²) in [7, 11) is 0. The zero-order chi connectivity index (χ0) is 22.1. The average Bonchev–Trinajstić information content (AvgIpc) is 2.91. The second-order valence-corrected chi connectivity index (χ2v) is 8.62. The highest BCUT2D eigenvalue weighted by Gasteiger charge is 2.37. The number of aliphatic hydroxyl groups excluding tert-OH is 2. The van der Waals surface area contributed by atoms with Crippen LogP contribution in [0, 0.1) is 13.8 Å². The SMILES string of the molecule is Cc1cc(=O)n(CC(=O)N2CC[C@@H](O)[C@@H](O)[C@H](N3CCOCC3)C2)c2c(C)cccc12. The number of morpholine rings is 1. The van der Waals surface area contributed by atoms with Crippen molar-refractivity contribution in [3.63, 3.8) is 0 Å². The zero-order valence-electron chi connectivity index (χ0n) is 18.2. The predicted molar refractivity (Wildman–Crippen MR) is 117 cm³/mol. The molecule has 2 N–H and O–H groups in total. The number of nitrogens with zero attached hydrogens (tertiary/aromatic N) is 3. The Labute approximate surface area is 181 Å². The Bertz CT molecular complexity index is 1010. The molecule has 1 aromatic heterocycles. The molecule has 3 atom stereocenters. The van der Waals surface area contributed by atoms with E-state index in [4.69, 9.17) is 4.74 Å². The number of carbonyl (C=O) groups is 1. The molecule has 4 rings (SSSR count). The molecule has 0 bridgehead atoms. The van der Waals surface area contributed by atoms with Crippen LogP contribution >= 0.6 is 0 Å². The summed E-state index contributed by atoms with van der Waals surface area (Å²) in [6.07, 6.45) is -1.52. The fourth-order valence-electron chi connectivity index (χ4n) is 4.79. The lowest BCUT2D eigenvalue weighted by molar-refractivity contribution is -0.133. The summed E-state index contributed by atoms with van der Waals surface area (Å²) >= 11 is 0. The summed E-state index contributed by atoms with van der Waals surface area (Å²) in [5, 5.41) is 22.0. The Morgan fingerprint density at radius 2 is 1.87 bits per heavy atom. The van der Waals surface area contributed by atoms with Crippen LogP contribution in [0.15, 0.2) is 29.1 Å². The fourth-order valence-corrected chi connectivity index (χ4v) is 4.79. The minimum Gasteiger partial charge on any atom is -0.390 e. The van der Waals surface area contributed by atoms with Crippen molar-refractivity contribution in [3.8, 4) is 0 Å². The standard InChI is InChI=1S/C23H31N3O5/c1-15-4-3-5-17-16(2)12-20(28)26(22(15)17)14-21(29)25-7-6-19(27)23(30)18(13-25)24-8-10-31-11-9-24/h3-5,12,18-19,23,27,30H,6-11,13-14H2,1-2H3/t18-,19-,23+/m1/s1. The first kappa shape index (κ1) is 22.0. The van der Waals surface area contributed by atoms with E-state index in [1.807, 2.05) is 32.0 Å². The number of carbonyl (C=O) groups excluding carboxylic acids is 1. The molecule has 2 aliphatic rings. The van der Waals surface area contributed by atoms with E-state index in [2.05, 4.69) is 4.90 Å². The van der Waals surface area contributed by atoms with Crippen LogP contribution in [0.3, 0.4) is 0 Å². The second-order valence-electron chi connectivity index (χ2n) is 8.62. The highest BCUT2D eigenvalue weighted by atomic mass is 16.5. The first-order valence-corrected chi connectivity index (χ1v) is 10.9. The minimum atomic E-state index is -0.930. The van der Waals surface area contributed by atoms with Crippen molar-refractivity contribution in [2.75, 3.05) is 39.4 Å². The molecule has 8 nitrogen and oxygen atoms in total. The Hall–Kier alpha value is -2.26. The van der Waals surface area contributed by atoms with Crippen LogP contribution in [0.5, 0.6) is 0 Å². The maximum atomic E-state index is 13.3. The Morgan fingerprint density at radius 3 is 2.61 bits per heavy atom. The van der Waals surface area contributed by atoms with Crippen LogP contribution in [-0.4, -0.2) is 88.1 Å². The highest BCUT2D eigenvalue weighted by Crippen LogP contribution is 2.22. The van der Waals surface area contributed by atoms with Crippen LogP contribution in [0.25, 0.3) is 10.9 Å². The van der Waals surface area contributed by atoms with Crippen molar-refractivity contribution in [3.05, 3.63) is 45.7 Å². The van der Waals surface area contributed by atoms with E-state index in [1.165, 1.54) is 0 Å². The third-order valence-electron chi connectivity index (χ3n) is 6.59. The van der Waals surface area contributed by atoms with Gasteiger partial charge in [0.1, 0.15) is 6.54 Å². The number of para-hydroxylation sites is 1. The molecule has 0 saturated carbocycles. The van der Waals surface area contributed by atoms with Gasteiger partial charge >= 0.3 is 0 Å². The summed E-state index contributed by atoms with van der Waals surface area (Å²) in [4.78, 5) is 29.9. The summed E-state index contributed by atoms with van der Waals surface area (Å²) < 4.78 is 6.95. The van der Waals surface area contributed by atoms with Crippen LogP contribution in [-0.2, 0) is 16.1 Å². The molecule has 0 unspecified atom stereocenters. The van der Waals surface area contributed by atoms with E-state index in [0.717, 1.165) is 22.0 Å². The van der Waals surface area contributed by atoms with E-state index < -0.39 is 12.2 Å². The van der Waals surface area contributed by atoms with E-state index in [-0.39, 0.29) is 24.1 Å². The summed E-state index contributed by atoms with van der Waals surface area (Å²) in [6, 6.07) is 7.06. The number of amides is 1. The molecule has 1 amide bonds. The number of fused-ring (bicyclic) bond motifs is 1. The molecule has 1 aromatic carbocycles. The number of hydrogen-bond donors (Lipinski definition) is 2. The van der Waals surface area contributed by atoms with Crippen LogP contribution in [0.2, 0.25) is 0 Å². The number of aryl methyl sites for hydroxylation is 2. The number of pyridine rings is 1. The van der Waals surface area contributed by atoms with Gasteiger partial charge in [0.2, 0.25) is 5.91 Å². The lowest BCUT2D eigenvalue weighted by Gasteiger charge is -2.38. The third-order valence-corrected chi connectivity index (χ3v) is 6.59. The number of benzene rings is 1. The van der Waals surface area contributed by atoms with Gasteiger partial charge in [-0.15, -0.1) is 0 Å². The van der Waals surface area contributed by atoms with E-state index in [0.29, 0.717) is 45.8 Å². The molecule has 2 aromatic rings. The third kappa shape index (κ3) is 4.39. The first-order valence-electron chi connectivity index (χ1n) is 10.9. The van der Waals surface area contributed by atoms with Crippen LogP contribution < -0.4 is 5.56 Å². The Kier molecular flexibility index (Phi) is 6.43. The topological polar surface area (TPSA) is 95.2 Å². The van der Waals surface area contributed by atoms with Crippen molar-refractivity contribution >= 4 is 16.8 Å². The number of aromatic nitrogens is 1. The van der Waals surface area contributed by atoms with Crippen LogP contribution in [0.4, 0.5) is 0 Å². The molecule has 31 heavy (non-hydrogen) atoms. The predicted octanol–water partition coefficient (Wildman–Crippen LogP) is 0.273. The number of ether oxygens (including phenoxy) is 1. The molecule has 168 valence electrons. The molecule has 0 radical (unpaired) electrons. The van der Waals surface area contributed by atoms with Gasteiger partial charge in [0, 0.05) is 37.6 Å². The minimum absolute atomic E-state index is 0.0670. The van der Waals surface area contributed by atoms with E-state index in [1.54, 1.807) is 15.5 Å². The lowest BCUT2D eigenvalue weighted by atomic mass is 10.0. The Morgan fingerprint density at radius 1 is 1.13 bits per heavy atom. The molecular formula is C23H31N3O5. The molecular weight excluding hydrogens is 398 g/mol. The molecule has 3 heterocycles. The average molecular weight is 430 g/mol. The van der Waals surface area contributed by atoms with Gasteiger partial charge in [-0.25, -0.2) is 0 Å². The number of aliphatic hydroxyl groups is 2. The molecule has 8 heteroatoms.